The Hall–Kier alpha value is -1.45. The fraction of sp³-hybridized carbons (Fsp3) is 0.231. The quantitative estimate of drug-likeness (QED) is 0.589. The van der Waals surface area contributed by atoms with E-state index in [0.29, 0.717) is 5.56 Å². The van der Waals surface area contributed by atoms with Crippen LogP contribution >= 0.6 is 0 Å². The summed E-state index contributed by atoms with van der Waals surface area (Å²) in [6.07, 6.45) is 6.08. The van der Waals surface area contributed by atoms with Crippen molar-refractivity contribution in [2.75, 3.05) is 7.11 Å². The third kappa shape index (κ3) is 3.96. The van der Waals surface area contributed by atoms with E-state index in [2.05, 4.69) is 12.1 Å². The van der Waals surface area contributed by atoms with Gasteiger partial charge in [0, 0.05) is 5.56 Å². The first-order valence-corrected chi connectivity index (χ1v) is 5.10. The largest absolute Gasteiger partial charge is 0.305 e. The predicted molar refractivity (Wildman–Crippen MR) is 64.2 cm³/mol. The van der Waals surface area contributed by atoms with E-state index < -0.39 is 0 Å². The molecule has 1 unspecified atom stereocenters. The van der Waals surface area contributed by atoms with Gasteiger partial charge in [-0.1, -0.05) is 36.4 Å². The van der Waals surface area contributed by atoms with E-state index in [0.717, 1.165) is 6.42 Å². The Bertz CT molecular complexity index is 363. The molecule has 0 fully saturated rings. The monoisotopic (exact) mass is 221 g/mol. The summed E-state index contributed by atoms with van der Waals surface area (Å²) in [5.41, 5.74) is 3.36. The molecule has 0 aromatic heterocycles. The number of hydrogen-bond donors (Lipinski definition) is 1. The molecule has 0 saturated heterocycles. The van der Waals surface area contributed by atoms with Crippen LogP contribution in [0.25, 0.3) is 6.08 Å². The number of nitrogens with one attached hydrogen (secondary N) is 1. The molecule has 0 amide bonds. The zero-order valence-corrected chi connectivity index (χ0v) is 9.32. The van der Waals surface area contributed by atoms with Gasteiger partial charge in [0.05, 0.1) is 13.2 Å². The van der Waals surface area contributed by atoms with Gasteiger partial charge in [-0.15, -0.1) is 6.58 Å². The van der Waals surface area contributed by atoms with Crippen molar-refractivity contribution in [1.29, 1.82) is 0 Å². The van der Waals surface area contributed by atoms with Gasteiger partial charge < -0.3 is 4.84 Å². The van der Waals surface area contributed by atoms with Gasteiger partial charge in [0.15, 0.2) is 0 Å². The summed E-state index contributed by atoms with van der Waals surface area (Å²) >= 11 is 0. The standard InChI is InChI=1S/C13H16FNO/c1-3-6-12(15-16-2)10-9-11-7-4-5-8-13(11)14/h3-5,7-10,12,15H,1,6H2,2H3/b10-9+. The third-order valence-corrected chi connectivity index (χ3v) is 2.10. The summed E-state index contributed by atoms with van der Waals surface area (Å²) in [5.74, 6) is -0.228. The van der Waals surface area contributed by atoms with Crippen LogP contribution in [0.3, 0.4) is 0 Å². The smallest absolute Gasteiger partial charge is 0.130 e. The molecular weight excluding hydrogens is 205 g/mol. The summed E-state index contributed by atoms with van der Waals surface area (Å²) in [6.45, 7) is 3.65. The number of benzene rings is 1. The molecule has 0 aliphatic carbocycles. The van der Waals surface area contributed by atoms with Crippen molar-refractivity contribution in [3.05, 3.63) is 54.4 Å². The van der Waals surface area contributed by atoms with Crippen LogP contribution in [-0.2, 0) is 4.84 Å². The normalized spacial score (nSPS) is 12.9. The topological polar surface area (TPSA) is 21.3 Å². The van der Waals surface area contributed by atoms with E-state index in [-0.39, 0.29) is 11.9 Å². The fourth-order valence-corrected chi connectivity index (χ4v) is 1.33. The Balaban J connectivity index is 2.69. The van der Waals surface area contributed by atoms with Gasteiger partial charge in [-0.3, -0.25) is 0 Å². The van der Waals surface area contributed by atoms with Gasteiger partial charge in [0.2, 0.25) is 0 Å². The molecule has 2 nitrogen and oxygen atoms in total. The first kappa shape index (κ1) is 12.6. The van der Waals surface area contributed by atoms with Crippen molar-refractivity contribution >= 4 is 6.08 Å². The summed E-state index contributed by atoms with van der Waals surface area (Å²) < 4.78 is 13.3. The van der Waals surface area contributed by atoms with E-state index >= 15 is 0 Å². The molecule has 0 heterocycles. The van der Waals surface area contributed by atoms with E-state index in [1.54, 1.807) is 37.5 Å². The number of rotatable bonds is 6. The molecule has 0 spiro atoms. The maximum absolute atomic E-state index is 13.3. The van der Waals surface area contributed by atoms with E-state index in [1.165, 1.54) is 6.07 Å². The first-order valence-electron chi connectivity index (χ1n) is 5.10. The SMILES string of the molecule is C=CCC(/C=C/c1ccccc1F)NOC. The van der Waals surface area contributed by atoms with Crippen LogP contribution in [0.4, 0.5) is 4.39 Å². The Kier molecular flexibility index (Phi) is 5.46. The Labute approximate surface area is 95.4 Å². The molecule has 0 saturated carbocycles. The zero-order chi connectivity index (χ0) is 11.8. The first-order chi connectivity index (χ1) is 7.77. The minimum atomic E-state index is -0.228. The molecule has 0 aliphatic heterocycles. The summed E-state index contributed by atoms with van der Waals surface area (Å²) in [7, 11) is 1.55. The molecular formula is C13H16FNO. The van der Waals surface area contributed by atoms with Crippen molar-refractivity contribution in [3.63, 3.8) is 0 Å². The van der Waals surface area contributed by atoms with Crippen LogP contribution in [-0.4, -0.2) is 13.2 Å². The van der Waals surface area contributed by atoms with Gasteiger partial charge >= 0.3 is 0 Å². The van der Waals surface area contributed by atoms with Gasteiger partial charge in [-0.2, -0.15) is 5.48 Å². The number of hydrogen-bond acceptors (Lipinski definition) is 2. The lowest BCUT2D eigenvalue weighted by molar-refractivity contribution is 0.0746. The maximum atomic E-state index is 13.3. The molecule has 1 aromatic carbocycles. The fourth-order valence-electron chi connectivity index (χ4n) is 1.33. The van der Waals surface area contributed by atoms with E-state index in [4.69, 9.17) is 4.84 Å². The van der Waals surface area contributed by atoms with Crippen LogP contribution in [0.2, 0.25) is 0 Å². The predicted octanol–water partition coefficient (Wildman–Crippen LogP) is 2.93. The van der Waals surface area contributed by atoms with E-state index in [1.807, 2.05) is 6.08 Å². The lowest BCUT2D eigenvalue weighted by atomic mass is 10.1. The minimum absolute atomic E-state index is 0.00195. The van der Waals surface area contributed by atoms with Gasteiger partial charge in [0.25, 0.3) is 0 Å². The van der Waals surface area contributed by atoms with Crippen LogP contribution in [0, 0.1) is 5.82 Å². The minimum Gasteiger partial charge on any atom is -0.305 e. The highest BCUT2D eigenvalue weighted by Crippen LogP contribution is 2.09. The number of halogens is 1. The Morgan fingerprint density at radius 3 is 2.88 bits per heavy atom. The Morgan fingerprint density at radius 1 is 1.50 bits per heavy atom. The average molecular weight is 221 g/mol. The van der Waals surface area contributed by atoms with Gasteiger partial charge in [-0.05, 0) is 12.5 Å². The molecule has 3 heteroatoms. The van der Waals surface area contributed by atoms with Crippen LogP contribution in [0.5, 0.6) is 0 Å². The second kappa shape index (κ2) is 6.93. The highest BCUT2D eigenvalue weighted by Gasteiger charge is 2.01. The zero-order valence-electron chi connectivity index (χ0n) is 9.32. The van der Waals surface area contributed by atoms with Crippen molar-refractivity contribution < 1.29 is 9.23 Å². The lowest BCUT2D eigenvalue weighted by Gasteiger charge is -2.10. The van der Waals surface area contributed by atoms with Crippen molar-refractivity contribution in [2.45, 2.75) is 12.5 Å². The highest BCUT2D eigenvalue weighted by atomic mass is 19.1. The molecule has 1 atom stereocenters. The van der Waals surface area contributed by atoms with E-state index in [9.17, 15) is 4.39 Å². The van der Waals surface area contributed by atoms with Gasteiger partial charge in [-0.25, -0.2) is 4.39 Å². The number of hydroxylamine groups is 1. The molecule has 1 rings (SSSR count). The maximum Gasteiger partial charge on any atom is 0.130 e. The summed E-state index contributed by atoms with van der Waals surface area (Å²) in [5, 5.41) is 0. The molecule has 1 aromatic rings. The average Bonchev–Trinajstić information content (AvgIpc) is 2.28. The van der Waals surface area contributed by atoms with Crippen LogP contribution in [0.1, 0.15) is 12.0 Å². The highest BCUT2D eigenvalue weighted by molar-refractivity contribution is 5.50. The van der Waals surface area contributed by atoms with Gasteiger partial charge in [0.1, 0.15) is 5.82 Å². The molecule has 0 aliphatic rings. The lowest BCUT2D eigenvalue weighted by Crippen LogP contribution is -2.25. The third-order valence-electron chi connectivity index (χ3n) is 2.10. The Morgan fingerprint density at radius 2 is 2.25 bits per heavy atom. The van der Waals surface area contributed by atoms with Crippen LogP contribution in [0.15, 0.2) is 43.0 Å². The molecule has 0 radical (unpaired) electrons. The summed E-state index contributed by atoms with van der Waals surface area (Å²) in [4.78, 5) is 4.83. The van der Waals surface area contributed by atoms with Crippen molar-refractivity contribution in [3.8, 4) is 0 Å². The molecule has 16 heavy (non-hydrogen) atoms. The molecule has 86 valence electrons. The van der Waals surface area contributed by atoms with Crippen molar-refractivity contribution in [1.82, 2.24) is 5.48 Å². The molecule has 0 bridgehead atoms. The summed E-state index contributed by atoms with van der Waals surface area (Å²) in [6, 6.07) is 6.63. The second-order valence-corrected chi connectivity index (χ2v) is 3.33. The molecule has 1 N–H and O–H groups in total. The van der Waals surface area contributed by atoms with Crippen molar-refractivity contribution in [2.24, 2.45) is 0 Å². The van der Waals surface area contributed by atoms with Crippen LogP contribution < -0.4 is 5.48 Å². The second-order valence-electron chi connectivity index (χ2n) is 3.33.